The molecule has 0 fully saturated rings. The Hall–Kier alpha value is -3.22. The normalized spacial score (nSPS) is 10.1. The van der Waals surface area contributed by atoms with Crippen LogP contribution in [0, 0.1) is 0 Å². The number of esters is 1. The Labute approximate surface area is 131 Å². The van der Waals surface area contributed by atoms with Gasteiger partial charge in [0, 0.05) is 5.56 Å². The molecule has 0 bridgehead atoms. The van der Waals surface area contributed by atoms with Crippen LogP contribution in [0.5, 0.6) is 17.2 Å². The van der Waals surface area contributed by atoms with E-state index in [-0.39, 0.29) is 23.2 Å². The predicted octanol–water partition coefficient (Wildman–Crippen LogP) is 1.77. The number of phenolic OH excluding ortho intramolecular Hbond substituents is 3. The first kappa shape index (κ1) is 16.2. The average Bonchev–Trinajstić information content (AvgIpc) is 2.55. The van der Waals surface area contributed by atoms with E-state index in [0.717, 1.165) is 0 Å². The van der Waals surface area contributed by atoms with Gasteiger partial charge in [0.15, 0.2) is 11.5 Å². The molecule has 120 valence electrons. The molecular formula is C16H15NO6. The Morgan fingerprint density at radius 1 is 1.04 bits per heavy atom. The first-order chi connectivity index (χ1) is 10.9. The van der Waals surface area contributed by atoms with Gasteiger partial charge in [0.1, 0.15) is 0 Å². The molecule has 0 unspecified atom stereocenters. The van der Waals surface area contributed by atoms with Gasteiger partial charge in [-0.3, -0.25) is 4.79 Å². The van der Waals surface area contributed by atoms with Gasteiger partial charge in [0.05, 0.1) is 24.8 Å². The van der Waals surface area contributed by atoms with E-state index in [9.17, 15) is 24.9 Å². The van der Waals surface area contributed by atoms with E-state index >= 15 is 0 Å². The summed E-state index contributed by atoms with van der Waals surface area (Å²) in [6.45, 7) is 0. The van der Waals surface area contributed by atoms with E-state index in [0.29, 0.717) is 0 Å². The van der Waals surface area contributed by atoms with Crippen LogP contribution in [0.1, 0.15) is 15.9 Å². The number of ether oxygens (including phenoxy) is 1. The van der Waals surface area contributed by atoms with Crippen LogP contribution < -0.4 is 5.32 Å². The smallest absolute Gasteiger partial charge is 0.339 e. The lowest BCUT2D eigenvalue weighted by Crippen LogP contribution is -2.17. The van der Waals surface area contributed by atoms with Crippen molar-refractivity contribution in [2.24, 2.45) is 0 Å². The topological polar surface area (TPSA) is 116 Å². The maximum Gasteiger partial charge on any atom is 0.339 e. The fourth-order valence-electron chi connectivity index (χ4n) is 2.00. The number of methoxy groups -OCH3 is 1. The van der Waals surface area contributed by atoms with Crippen molar-refractivity contribution < 1.29 is 29.6 Å². The van der Waals surface area contributed by atoms with Gasteiger partial charge in [-0.1, -0.05) is 18.2 Å². The second kappa shape index (κ2) is 6.69. The van der Waals surface area contributed by atoms with Gasteiger partial charge in [-0.05, 0) is 18.2 Å². The molecule has 0 heterocycles. The fourth-order valence-corrected chi connectivity index (χ4v) is 2.00. The van der Waals surface area contributed by atoms with E-state index in [1.807, 2.05) is 0 Å². The molecule has 23 heavy (non-hydrogen) atoms. The van der Waals surface area contributed by atoms with Crippen molar-refractivity contribution in [3.8, 4) is 17.2 Å². The van der Waals surface area contributed by atoms with Gasteiger partial charge in [-0.15, -0.1) is 0 Å². The summed E-state index contributed by atoms with van der Waals surface area (Å²) in [5.41, 5.74) is 0.598. The van der Waals surface area contributed by atoms with Gasteiger partial charge < -0.3 is 25.4 Å². The van der Waals surface area contributed by atoms with E-state index in [1.54, 1.807) is 12.1 Å². The number of hydrogen-bond donors (Lipinski definition) is 4. The standard InChI is InChI=1S/C16H15NO6/c1-23-16(22)10-4-2-3-5-11(10)17-13(19)8-9-6-7-12(18)15(21)14(9)20/h2-7,18,20-21H,8H2,1H3,(H,17,19). The third-order valence-corrected chi connectivity index (χ3v) is 3.17. The van der Waals surface area contributed by atoms with Gasteiger partial charge in [-0.2, -0.15) is 0 Å². The zero-order chi connectivity index (χ0) is 17.0. The average molecular weight is 317 g/mol. The van der Waals surface area contributed by atoms with Gasteiger partial charge in [-0.25, -0.2) is 4.79 Å². The van der Waals surface area contributed by atoms with E-state index in [4.69, 9.17) is 0 Å². The summed E-state index contributed by atoms with van der Waals surface area (Å²) in [5, 5.41) is 31.0. The lowest BCUT2D eigenvalue weighted by Gasteiger charge is -2.11. The summed E-state index contributed by atoms with van der Waals surface area (Å²) >= 11 is 0. The molecule has 7 heteroatoms. The minimum absolute atomic E-state index is 0.133. The van der Waals surface area contributed by atoms with Crippen molar-refractivity contribution in [1.82, 2.24) is 0 Å². The SMILES string of the molecule is COC(=O)c1ccccc1NC(=O)Cc1ccc(O)c(O)c1O. The number of carbonyl (C=O) groups is 2. The third-order valence-electron chi connectivity index (χ3n) is 3.17. The summed E-state index contributed by atoms with van der Waals surface area (Å²) in [7, 11) is 1.23. The number of nitrogens with one attached hydrogen (secondary N) is 1. The van der Waals surface area contributed by atoms with Crippen molar-refractivity contribution in [3.63, 3.8) is 0 Å². The number of amides is 1. The van der Waals surface area contributed by atoms with Crippen LogP contribution in [0.3, 0.4) is 0 Å². The molecule has 0 saturated heterocycles. The van der Waals surface area contributed by atoms with E-state index in [2.05, 4.69) is 10.1 Å². The van der Waals surface area contributed by atoms with Crippen molar-refractivity contribution in [1.29, 1.82) is 0 Å². The molecule has 2 aromatic carbocycles. The van der Waals surface area contributed by atoms with Crippen LogP contribution >= 0.6 is 0 Å². The molecule has 0 atom stereocenters. The first-order valence-electron chi connectivity index (χ1n) is 6.64. The van der Waals surface area contributed by atoms with Crippen LogP contribution in [0.2, 0.25) is 0 Å². The number of aromatic hydroxyl groups is 3. The zero-order valence-corrected chi connectivity index (χ0v) is 12.2. The highest BCUT2D eigenvalue weighted by atomic mass is 16.5. The second-order valence-corrected chi connectivity index (χ2v) is 4.70. The fraction of sp³-hybridized carbons (Fsp3) is 0.125. The van der Waals surface area contributed by atoms with Crippen molar-refractivity contribution in [2.75, 3.05) is 12.4 Å². The lowest BCUT2D eigenvalue weighted by atomic mass is 10.1. The molecule has 2 aromatic rings. The molecule has 4 N–H and O–H groups in total. The number of phenols is 3. The highest BCUT2D eigenvalue weighted by Gasteiger charge is 2.16. The van der Waals surface area contributed by atoms with Crippen LogP contribution in [-0.4, -0.2) is 34.3 Å². The molecule has 0 saturated carbocycles. The van der Waals surface area contributed by atoms with Crippen LogP contribution in [0.4, 0.5) is 5.69 Å². The first-order valence-corrected chi connectivity index (χ1v) is 6.64. The van der Waals surface area contributed by atoms with Crippen LogP contribution in [0.15, 0.2) is 36.4 Å². The number of rotatable bonds is 4. The molecule has 0 radical (unpaired) electrons. The molecule has 0 spiro atoms. The Morgan fingerprint density at radius 3 is 2.43 bits per heavy atom. The zero-order valence-electron chi connectivity index (χ0n) is 12.2. The molecular weight excluding hydrogens is 302 g/mol. The van der Waals surface area contributed by atoms with Crippen molar-refractivity contribution >= 4 is 17.6 Å². The third kappa shape index (κ3) is 3.52. The number of benzene rings is 2. The highest BCUT2D eigenvalue weighted by molar-refractivity contribution is 6.01. The maximum absolute atomic E-state index is 12.1. The van der Waals surface area contributed by atoms with Crippen LogP contribution in [-0.2, 0) is 16.0 Å². The van der Waals surface area contributed by atoms with Crippen molar-refractivity contribution in [2.45, 2.75) is 6.42 Å². The van der Waals surface area contributed by atoms with Crippen LogP contribution in [0.25, 0.3) is 0 Å². The minimum atomic E-state index is -0.690. The molecule has 7 nitrogen and oxygen atoms in total. The summed E-state index contributed by atoms with van der Waals surface area (Å²) in [5.74, 6) is -2.85. The Balaban J connectivity index is 2.18. The largest absolute Gasteiger partial charge is 0.504 e. The number of carbonyl (C=O) groups excluding carboxylic acids is 2. The molecule has 0 aliphatic heterocycles. The molecule has 0 aliphatic carbocycles. The minimum Gasteiger partial charge on any atom is -0.504 e. The van der Waals surface area contributed by atoms with E-state index < -0.39 is 29.1 Å². The van der Waals surface area contributed by atoms with Gasteiger partial charge in [0.2, 0.25) is 11.7 Å². The summed E-state index contributed by atoms with van der Waals surface area (Å²) in [6, 6.07) is 8.80. The Kier molecular flexibility index (Phi) is 4.70. The molecule has 0 aliphatic rings. The van der Waals surface area contributed by atoms with E-state index in [1.165, 1.54) is 31.4 Å². The maximum atomic E-state index is 12.1. The van der Waals surface area contributed by atoms with Gasteiger partial charge in [0.25, 0.3) is 0 Å². The highest BCUT2D eigenvalue weighted by Crippen LogP contribution is 2.37. The number of anilines is 1. The molecule has 0 aromatic heterocycles. The molecule has 1 amide bonds. The Morgan fingerprint density at radius 2 is 1.74 bits per heavy atom. The number of para-hydroxylation sites is 1. The van der Waals surface area contributed by atoms with Crippen molar-refractivity contribution in [3.05, 3.63) is 47.5 Å². The second-order valence-electron chi connectivity index (χ2n) is 4.70. The predicted molar refractivity (Wildman–Crippen MR) is 81.6 cm³/mol. The summed E-state index contributed by atoms with van der Waals surface area (Å²) in [6.07, 6.45) is -0.255. The molecule has 2 rings (SSSR count). The van der Waals surface area contributed by atoms with Gasteiger partial charge >= 0.3 is 5.97 Å². The monoisotopic (exact) mass is 317 g/mol. The number of hydrogen-bond acceptors (Lipinski definition) is 6. The Bertz CT molecular complexity index is 756. The quantitative estimate of drug-likeness (QED) is 0.504. The lowest BCUT2D eigenvalue weighted by molar-refractivity contribution is -0.115. The summed E-state index contributed by atoms with van der Waals surface area (Å²) in [4.78, 5) is 23.7. The summed E-state index contributed by atoms with van der Waals surface area (Å²) < 4.78 is 4.63.